The van der Waals surface area contributed by atoms with Crippen molar-refractivity contribution in [3.63, 3.8) is 0 Å². The minimum absolute atomic E-state index is 0.0613. The second-order valence-electron chi connectivity index (χ2n) is 6.43. The fourth-order valence-corrected chi connectivity index (χ4v) is 4.31. The van der Waals surface area contributed by atoms with Gasteiger partial charge >= 0.3 is 0 Å². The molecule has 0 saturated heterocycles. The predicted octanol–water partition coefficient (Wildman–Crippen LogP) is 5.55. The van der Waals surface area contributed by atoms with Crippen molar-refractivity contribution in [2.45, 2.75) is 16.3 Å². The van der Waals surface area contributed by atoms with Crippen LogP contribution in [0.2, 0.25) is 0 Å². The molecule has 0 spiro atoms. The molecule has 29 heavy (non-hydrogen) atoms. The summed E-state index contributed by atoms with van der Waals surface area (Å²) in [6.07, 6.45) is 1.65. The largest absolute Gasteiger partial charge is 0.338 e. The monoisotopic (exact) mass is 464 g/mol. The number of aromatic nitrogens is 1. The lowest BCUT2D eigenvalue weighted by Gasteiger charge is -2.13. The van der Waals surface area contributed by atoms with Crippen LogP contribution in [-0.2, 0) is 11.3 Å². The van der Waals surface area contributed by atoms with Crippen LogP contribution >= 0.6 is 27.7 Å². The lowest BCUT2D eigenvalue weighted by molar-refractivity contribution is -0.116. The van der Waals surface area contributed by atoms with E-state index < -0.39 is 0 Å². The maximum atomic E-state index is 12.8. The predicted molar refractivity (Wildman–Crippen MR) is 122 cm³/mol. The summed E-state index contributed by atoms with van der Waals surface area (Å²) in [5.74, 6) is -0.156. The minimum atomic E-state index is -0.156. The van der Waals surface area contributed by atoms with Crippen LogP contribution in [0.25, 0.3) is 10.9 Å². The van der Waals surface area contributed by atoms with Crippen molar-refractivity contribution in [2.24, 2.45) is 0 Å². The van der Waals surface area contributed by atoms with E-state index in [0.717, 1.165) is 20.0 Å². The van der Waals surface area contributed by atoms with E-state index in [1.807, 2.05) is 66.7 Å². The highest BCUT2D eigenvalue weighted by Crippen LogP contribution is 2.33. The molecule has 1 aromatic heterocycles. The zero-order valence-electron chi connectivity index (χ0n) is 15.3. The van der Waals surface area contributed by atoms with Crippen LogP contribution in [-0.4, -0.2) is 10.5 Å². The molecule has 0 fully saturated rings. The standard InChI is InChI=1S/C23H17BrN2O2S/c24-16-10-11-18-20(14-16)26(13-12-21(18)27)15-23(28)25-19-8-4-5-9-22(19)29-17-6-2-1-3-7-17/h1-14H,15H2,(H,25,28). The van der Waals surface area contributed by atoms with Gasteiger partial charge in [-0.15, -0.1) is 0 Å². The SMILES string of the molecule is O=C(Cn1ccc(=O)c2ccc(Br)cc21)Nc1ccccc1Sc1ccccc1. The van der Waals surface area contributed by atoms with Crippen molar-refractivity contribution in [1.29, 1.82) is 0 Å². The summed E-state index contributed by atoms with van der Waals surface area (Å²) in [5.41, 5.74) is 1.42. The minimum Gasteiger partial charge on any atom is -0.338 e. The van der Waals surface area contributed by atoms with Gasteiger partial charge in [0.2, 0.25) is 5.91 Å². The van der Waals surface area contributed by atoms with Gasteiger partial charge in [0.05, 0.1) is 11.2 Å². The number of hydrogen-bond donors (Lipinski definition) is 1. The maximum Gasteiger partial charge on any atom is 0.244 e. The Morgan fingerprint density at radius 1 is 0.966 bits per heavy atom. The fourth-order valence-electron chi connectivity index (χ4n) is 3.04. The molecule has 0 unspecified atom stereocenters. The van der Waals surface area contributed by atoms with Crippen LogP contribution < -0.4 is 10.7 Å². The van der Waals surface area contributed by atoms with Crippen LogP contribution in [0.1, 0.15) is 0 Å². The van der Waals surface area contributed by atoms with Gasteiger partial charge in [-0.3, -0.25) is 9.59 Å². The van der Waals surface area contributed by atoms with Gasteiger partial charge in [0, 0.05) is 31.9 Å². The number of pyridine rings is 1. The molecular formula is C23H17BrN2O2S. The first-order valence-electron chi connectivity index (χ1n) is 9.01. The highest BCUT2D eigenvalue weighted by atomic mass is 79.9. The zero-order valence-corrected chi connectivity index (χ0v) is 17.7. The second kappa shape index (κ2) is 8.68. The number of anilines is 1. The Bertz CT molecular complexity index is 1240. The van der Waals surface area contributed by atoms with Crippen molar-refractivity contribution in [2.75, 3.05) is 5.32 Å². The Kier molecular flexibility index (Phi) is 5.83. The summed E-state index contributed by atoms with van der Waals surface area (Å²) in [5, 5.41) is 3.59. The van der Waals surface area contributed by atoms with Gasteiger partial charge in [-0.2, -0.15) is 0 Å². The number of rotatable bonds is 5. The summed E-state index contributed by atoms with van der Waals surface area (Å²) in [7, 11) is 0. The molecule has 4 nitrogen and oxygen atoms in total. The Labute approximate surface area is 180 Å². The van der Waals surface area contributed by atoms with E-state index in [9.17, 15) is 9.59 Å². The van der Waals surface area contributed by atoms with E-state index in [-0.39, 0.29) is 17.9 Å². The molecule has 144 valence electrons. The third kappa shape index (κ3) is 4.60. The van der Waals surface area contributed by atoms with Crippen LogP contribution in [0.5, 0.6) is 0 Å². The molecule has 0 radical (unpaired) electrons. The van der Waals surface area contributed by atoms with E-state index in [4.69, 9.17) is 0 Å². The van der Waals surface area contributed by atoms with Gasteiger partial charge in [-0.25, -0.2) is 0 Å². The van der Waals surface area contributed by atoms with Crippen LogP contribution in [0, 0.1) is 0 Å². The first-order valence-corrected chi connectivity index (χ1v) is 10.6. The molecule has 3 aromatic carbocycles. The average Bonchev–Trinajstić information content (AvgIpc) is 2.72. The Morgan fingerprint density at radius 2 is 1.72 bits per heavy atom. The molecule has 1 N–H and O–H groups in total. The highest BCUT2D eigenvalue weighted by molar-refractivity contribution is 9.10. The normalized spacial score (nSPS) is 10.8. The maximum absolute atomic E-state index is 12.8. The molecule has 1 heterocycles. The van der Waals surface area contributed by atoms with Crippen molar-refractivity contribution < 1.29 is 4.79 Å². The Morgan fingerprint density at radius 3 is 2.55 bits per heavy atom. The molecule has 4 rings (SSSR count). The lowest BCUT2D eigenvalue weighted by Crippen LogP contribution is -2.20. The topological polar surface area (TPSA) is 51.1 Å². The van der Waals surface area contributed by atoms with Crippen LogP contribution in [0.15, 0.2) is 104 Å². The second-order valence-corrected chi connectivity index (χ2v) is 8.46. The molecular weight excluding hydrogens is 448 g/mol. The molecule has 0 aliphatic rings. The zero-order chi connectivity index (χ0) is 20.2. The summed E-state index contributed by atoms with van der Waals surface area (Å²) in [6, 6.07) is 24.7. The Hall–Kier alpha value is -2.83. The first-order chi connectivity index (χ1) is 14.1. The number of fused-ring (bicyclic) bond motifs is 1. The average molecular weight is 465 g/mol. The fraction of sp³-hybridized carbons (Fsp3) is 0.0435. The van der Waals surface area contributed by atoms with E-state index in [1.165, 1.54) is 6.07 Å². The van der Waals surface area contributed by atoms with E-state index in [2.05, 4.69) is 21.2 Å². The van der Waals surface area contributed by atoms with Gasteiger partial charge in [0.15, 0.2) is 5.43 Å². The molecule has 6 heteroatoms. The first kappa shape index (κ1) is 19.5. The van der Waals surface area contributed by atoms with Crippen molar-refractivity contribution >= 4 is 50.2 Å². The number of nitrogens with zero attached hydrogens (tertiary/aromatic N) is 1. The van der Waals surface area contributed by atoms with Crippen molar-refractivity contribution in [3.8, 4) is 0 Å². The van der Waals surface area contributed by atoms with E-state index in [0.29, 0.717) is 10.9 Å². The Balaban J connectivity index is 1.57. The quantitative estimate of drug-likeness (QED) is 0.420. The molecule has 0 aliphatic heterocycles. The summed E-state index contributed by atoms with van der Waals surface area (Å²) in [6.45, 7) is 0.109. The number of halogens is 1. The van der Waals surface area contributed by atoms with Crippen molar-refractivity contribution in [3.05, 3.63) is 99.8 Å². The summed E-state index contributed by atoms with van der Waals surface area (Å²) < 4.78 is 2.64. The number of hydrogen-bond acceptors (Lipinski definition) is 3. The number of benzene rings is 3. The van der Waals surface area contributed by atoms with Gasteiger partial charge in [-0.05, 0) is 42.5 Å². The van der Waals surface area contributed by atoms with Gasteiger partial charge in [-0.1, -0.05) is 58.0 Å². The summed E-state index contributed by atoms with van der Waals surface area (Å²) in [4.78, 5) is 26.9. The van der Waals surface area contributed by atoms with Crippen LogP contribution in [0.3, 0.4) is 0 Å². The molecule has 0 saturated carbocycles. The van der Waals surface area contributed by atoms with E-state index in [1.54, 1.807) is 28.6 Å². The molecule has 0 atom stereocenters. The van der Waals surface area contributed by atoms with Crippen LogP contribution in [0.4, 0.5) is 5.69 Å². The van der Waals surface area contributed by atoms with Gasteiger partial charge in [0.25, 0.3) is 0 Å². The number of amides is 1. The molecule has 0 aliphatic carbocycles. The number of para-hydroxylation sites is 1. The van der Waals surface area contributed by atoms with Gasteiger partial charge < -0.3 is 9.88 Å². The van der Waals surface area contributed by atoms with E-state index >= 15 is 0 Å². The number of carbonyl (C=O) groups excluding carboxylic acids is 1. The van der Waals surface area contributed by atoms with Gasteiger partial charge in [0.1, 0.15) is 6.54 Å². The third-order valence-electron chi connectivity index (χ3n) is 4.39. The number of nitrogens with one attached hydrogen (secondary N) is 1. The molecule has 0 bridgehead atoms. The van der Waals surface area contributed by atoms with Crippen molar-refractivity contribution in [1.82, 2.24) is 4.57 Å². The lowest BCUT2D eigenvalue weighted by atomic mass is 10.2. The number of carbonyl (C=O) groups is 1. The smallest absolute Gasteiger partial charge is 0.244 e. The molecule has 4 aromatic rings. The summed E-state index contributed by atoms with van der Waals surface area (Å²) >= 11 is 5.03. The molecule has 1 amide bonds. The third-order valence-corrected chi connectivity index (χ3v) is 5.96. The highest BCUT2D eigenvalue weighted by Gasteiger charge is 2.11.